The Morgan fingerprint density at radius 2 is 1.71 bits per heavy atom. The van der Waals surface area contributed by atoms with E-state index in [1.165, 1.54) is 13.0 Å². The predicted octanol–water partition coefficient (Wildman–Crippen LogP) is 2.81. The van der Waals surface area contributed by atoms with Gasteiger partial charge in [-0.1, -0.05) is 34.6 Å². The van der Waals surface area contributed by atoms with Gasteiger partial charge in [0.1, 0.15) is 11.9 Å². The van der Waals surface area contributed by atoms with Crippen LogP contribution in [0.15, 0.2) is 22.8 Å². The number of ketones is 2. The summed E-state index contributed by atoms with van der Waals surface area (Å²) in [7, 11) is 0. The third kappa shape index (κ3) is 3.66. The van der Waals surface area contributed by atoms with E-state index in [4.69, 9.17) is 5.11 Å². The zero-order valence-electron chi connectivity index (χ0n) is 23.6. The topological polar surface area (TPSA) is 152 Å². The number of aliphatic hydroxyl groups excluding tert-OH is 4. The molecule has 212 valence electrons. The fourth-order valence-corrected chi connectivity index (χ4v) is 9.09. The molecule has 10 unspecified atom stereocenters. The molecule has 0 saturated heterocycles. The molecule has 0 bridgehead atoms. The van der Waals surface area contributed by atoms with Crippen molar-refractivity contribution in [3.05, 3.63) is 22.8 Å². The molecule has 10 atom stereocenters. The summed E-state index contributed by atoms with van der Waals surface area (Å²) in [4.78, 5) is 39.3. The van der Waals surface area contributed by atoms with E-state index in [0.717, 1.165) is 0 Å². The van der Waals surface area contributed by atoms with E-state index >= 15 is 0 Å². The molecular weight excluding hydrogens is 488 g/mol. The molecule has 8 heteroatoms. The Hall–Kier alpha value is -1.87. The van der Waals surface area contributed by atoms with Crippen LogP contribution in [-0.2, 0) is 14.4 Å². The summed E-state index contributed by atoms with van der Waals surface area (Å²) in [6, 6.07) is 0. The molecule has 4 aliphatic rings. The van der Waals surface area contributed by atoms with Gasteiger partial charge in [-0.2, -0.15) is 0 Å². The Kier molecular flexibility index (Phi) is 6.96. The van der Waals surface area contributed by atoms with Gasteiger partial charge >= 0.3 is 5.97 Å². The van der Waals surface area contributed by atoms with Gasteiger partial charge < -0.3 is 25.5 Å². The number of hydrogen-bond acceptors (Lipinski definition) is 7. The van der Waals surface area contributed by atoms with E-state index in [1.54, 1.807) is 13.8 Å². The lowest BCUT2D eigenvalue weighted by Gasteiger charge is -2.62. The second kappa shape index (κ2) is 9.08. The highest BCUT2D eigenvalue weighted by Crippen LogP contribution is 2.70. The number of rotatable bonds is 5. The van der Waals surface area contributed by atoms with E-state index in [0.29, 0.717) is 30.4 Å². The second-order valence-electron chi connectivity index (χ2n) is 13.7. The average Bonchev–Trinajstić information content (AvgIpc) is 3.03. The number of carboxylic acids is 1. The van der Waals surface area contributed by atoms with Crippen molar-refractivity contribution in [1.29, 1.82) is 0 Å². The van der Waals surface area contributed by atoms with Gasteiger partial charge in [-0.05, 0) is 79.8 Å². The number of aliphatic carboxylic acids is 1. The molecule has 8 nitrogen and oxygen atoms in total. The van der Waals surface area contributed by atoms with Crippen LogP contribution in [-0.4, -0.2) is 67.5 Å². The lowest BCUT2D eigenvalue weighted by molar-refractivity contribution is -0.159. The molecule has 0 aliphatic heterocycles. The average molecular weight is 533 g/mol. The highest BCUT2D eigenvalue weighted by Gasteiger charge is 2.73. The number of Topliss-reactive ketones (excluding diaryl/α,β-unsaturated/α-hetero) is 2. The lowest BCUT2D eigenvalue weighted by Crippen LogP contribution is -2.64. The van der Waals surface area contributed by atoms with E-state index in [-0.39, 0.29) is 36.0 Å². The summed E-state index contributed by atoms with van der Waals surface area (Å²) in [5, 5.41) is 53.9. The summed E-state index contributed by atoms with van der Waals surface area (Å²) in [5.74, 6) is -2.72. The molecule has 4 rings (SSSR count). The van der Waals surface area contributed by atoms with E-state index in [9.17, 15) is 34.8 Å². The van der Waals surface area contributed by atoms with Crippen LogP contribution in [0.1, 0.15) is 80.6 Å². The summed E-state index contributed by atoms with van der Waals surface area (Å²) >= 11 is 0. The SMILES string of the molecule is CC(=CC(O)CC(C)C1CC(=O)C2(C)C3=C(C(=O)C(O)C12C)C1(C)CCC(O)C(C)(C)C1CC3O)C(=O)O. The summed E-state index contributed by atoms with van der Waals surface area (Å²) in [6.45, 7) is 12.7. The molecule has 0 aromatic carbocycles. The highest BCUT2D eigenvalue weighted by molar-refractivity contribution is 6.07. The Labute approximate surface area is 224 Å². The maximum absolute atomic E-state index is 14.1. The fraction of sp³-hybridized carbons (Fsp3) is 0.767. The first kappa shape index (κ1) is 29.1. The normalized spacial score (nSPS) is 44.3. The van der Waals surface area contributed by atoms with Crippen LogP contribution in [0.3, 0.4) is 0 Å². The molecule has 2 fully saturated rings. The number of carbonyl (C=O) groups is 3. The first-order chi connectivity index (χ1) is 17.4. The summed E-state index contributed by atoms with van der Waals surface area (Å²) in [5.41, 5.74) is -2.93. The smallest absolute Gasteiger partial charge is 0.331 e. The van der Waals surface area contributed by atoms with Crippen LogP contribution < -0.4 is 0 Å². The van der Waals surface area contributed by atoms with Gasteiger partial charge in [0, 0.05) is 23.0 Å². The molecule has 0 spiro atoms. The minimum Gasteiger partial charge on any atom is -0.478 e. The van der Waals surface area contributed by atoms with Gasteiger partial charge in [0.25, 0.3) is 0 Å². The zero-order chi connectivity index (χ0) is 28.7. The number of aliphatic hydroxyl groups is 4. The van der Waals surface area contributed by atoms with Crippen LogP contribution in [0.5, 0.6) is 0 Å². The molecule has 0 aromatic heterocycles. The number of carbonyl (C=O) groups excluding carboxylic acids is 2. The van der Waals surface area contributed by atoms with Gasteiger partial charge in [0.05, 0.1) is 23.7 Å². The van der Waals surface area contributed by atoms with Crippen molar-refractivity contribution in [2.45, 2.75) is 105 Å². The summed E-state index contributed by atoms with van der Waals surface area (Å²) in [6.07, 6.45) is -1.33. The van der Waals surface area contributed by atoms with E-state index < -0.39 is 63.7 Å². The van der Waals surface area contributed by atoms with Crippen LogP contribution in [0.2, 0.25) is 0 Å². The standard InChI is InChI=1S/C30H44O8/c1-14(10-16(31)11-15(2)26(37)38)17-12-21(34)30(7)22-18(32)13-19-27(3,4)20(33)8-9-28(19,5)23(22)24(35)25(36)29(17,30)6/h11,14,16-20,25,31-33,36H,8-10,12-13H2,1-7H3,(H,37,38). The zero-order valence-corrected chi connectivity index (χ0v) is 23.6. The second-order valence-corrected chi connectivity index (χ2v) is 13.7. The Morgan fingerprint density at radius 1 is 1.11 bits per heavy atom. The molecule has 0 aromatic rings. The van der Waals surface area contributed by atoms with Crippen LogP contribution in [0.4, 0.5) is 0 Å². The maximum Gasteiger partial charge on any atom is 0.331 e. The number of carboxylic acid groups (broad SMARTS) is 1. The quantitative estimate of drug-likeness (QED) is 0.339. The maximum atomic E-state index is 14.1. The van der Waals surface area contributed by atoms with Gasteiger partial charge in [0.2, 0.25) is 0 Å². The molecule has 0 amide bonds. The number of hydrogen-bond donors (Lipinski definition) is 5. The monoisotopic (exact) mass is 532 g/mol. The first-order valence-corrected chi connectivity index (χ1v) is 13.8. The summed E-state index contributed by atoms with van der Waals surface area (Å²) < 4.78 is 0. The molecule has 2 saturated carbocycles. The lowest BCUT2D eigenvalue weighted by atomic mass is 9.42. The van der Waals surface area contributed by atoms with Gasteiger partial charge in [0.15, 0.2) is 5.78 Å². The molecule has 0 heterocycles. The predicted molar refractivity (Wildman–Crippen MR) is 140 cm³/mol. The van der Waals surface area contributed by atoms with Crippen molar-refractivity contribution < 1.29 is 39.9 Å². The van der Waals surface area contributed by atoms with Crippen LogP contribution >= 0.6 is 0 Å². The van der Waals surface area contributed by atoms with Crippen molar-refractivity contribution in [3.63, 3.8) is 0 Å². The minimum absolute atomic E-state index is 0.0135. The third-order valence-electron chi connectivity index (χ3n) is 11.6. The third-order valence-corrected chi connectivity index (χ3v) is 11.6. The Morgan fingerprint density at radius 3 is 2.29 bits per heavy atom. The Balaban J connectivity index is 1.82. The first-order valence-electron chi connectivity index (χ1n) is 13.8. The van der Waals surface area contributed by atoms with Crippen molar-refractivity contribution >= 4 is 17.5 Å². The van der Waals surface area contributed by atoms with Crippen molar-refractivity contribution in [3.8, 4) is 0 Å². The van der Waals surface area contributed by atoms with E-state index in [2.05, 4.69) is 0 Å². The molecular formula is C30H44O8. The van der Waals surface area contributed by atoms with Crippen molar-refractivity contribution in [2.75, 3.05) is 0 Å². The van der Waals surface area contributed by atoms with Crippen LogP contribution in [0.25, 0.3) is 0 Å². The molecule has 0 radical (unpaired) electrons. The van der Waals surface area contributed by atoms with Crippen molar-refractivity contribution in [1.82, 2.24) is 0 Å². The molecule has 4 aliphatic carbocycles. The van der Waals surface area contributed by atoms with Gasteiger partial charge in [-0.3, -0.25) is 9.59 Å². The fourth-order valence-electron chi connectivity index (χ4n) is 9.09. The van der Waals surface area contributed by atoms with Crippen molar-refractivity contribution in [2.24, 2.45) is 39.4 Å². The largest absolute Gasteiger partial charge is 0.478 e. The molecule has 5 N–H and O–H groups in total. The van der Waals surface area contributed by atoms with Gasteiger partial charge in [-0.15, -0.1) is 0 Å². The van der Waals surface area contributed by atoms with E-state index in [1.807, 2.05) is 27.7 Å². The minimum atomic E-state index is -1.48. The van der Waals surface area contributed by atoms with Gasteiger partial charge in [-0.25, -0.2) is 4.79 Å². The molecule has 38 heavy (non-hydrogen) atoms. The highest BCUT2D eigenvalue weighted by atomic mass is 16.4. The Bertz CT molecular complexity index is 1120. The van der Waals surface area contributed by atoms with Crippen LogP contribution in [0, 0.1) is 39.4 Å². The number of fused-ring (bicyclic) bond motifs is 4.